The molecule has 0 saturated carbocycles. The number of benzene rings is 2. The second kappa shape index (κ2) is 14.1. The first-order valence-electron chi connectivity index (χ1n) is 10.6. The summed E-state index contributed by atoms with van der Waals surface area (Å²) >= 11 is 0. The van der Waals surface area contributed by atoms with E-state index in [0.717, 1.165) is 22.8 Å². The van der Waals surface area contributed by atoms with E-state index in [4.69, 9.17) is 14.2 Å². The van der Waals surface area contributed by atoms with Gasteiger partial charge in [-0.2, -0.15) is 0 Å². The fraction of sp³-hybridized carbons (Fsp3) is 0.231. The Morgan fingerprint density at radius 2 is 1.18 bits per heavy atom. The summed E-state index contributed by atoms with van der Waals surface area (Å²) in [4.78, 5) is 46.0. The van der Waals surface area contributed by atoms with Crippen LogP contribution in [0.4, 0.5) is 0 Å². The summed E-state index contributed by atoms with van der Waals surface area (Å²) in [5, 5.41) is 0. The fourth-order valence-electron chi connectivity index (χ4n) is 2.66. The molecule has 0 heterocycles. The Labute approximate surface area is 197 Å². The molecule has 2 rings (SSSR count). The molecule has 0 unspecified atom stereocenters. The second-order valence-corrected chi connectivity index (χ2v) is 6.89. The lowest BCUT2D eigenvalue weighted by Gasteiger charge is -2.08. The van der Waals surface area contributed by atoms with Gasteiger partial charge in [-0.05, 0) is 28.8 Å². The number of hydrogen-bond acceptors (Lipinski definition) is 8. The van der Waals surface area contributed by atoms with E-state index in [2.05, 4.69) is 17.9 Å². The minimum atomic E-state index is -0.644. The lowest BCUT2D eigenvalue weighted by atomic mass is 10.0. The van der Waals surface area contributed by atoms with Crippen LogP contribution in [0.15, 0.2) is 67.8 Å². The Morgan fingerprint density at radius 3 is 1.74 bits per heavy atom. The number of hydrogen-bond donors (Lipinski definition) is 0. The zero-order valence-electron chi connectivity index (χ0n) is 18.7. The van der Waals surface area contributed by atoms with Gasteiger partial charge in [-0.25, -0.2) is 4.79 Å². The van der Waals surface area contributed by atoms with Gasteiger partial charge in [0.05, 0.1) is 19.3 Å². The molecule has 0 fully saturated rings. The van der Waals surface area contributed by atoms with Crippen molar-refractivity contribution >= 4 is 30.0 Å². The molecule has 34 heavy (non-hydrogen) atoms. The van der Waals surface area contributed by atoms with Gasteiger partial charge in [-0.15, -0.1) is 0 Å². The van der Waals surface area contributed by atoms with E-state index in [9.17, 15) is 19.2 Å². The van der Waals surface area contributed by atoms with Crippen molar-refractivity contribution in [2.75, 3.05) is 19.8 Å². The topological polar surface area (TPSA) is 105 Å². The molecule has 0 amide bonds. The summed E-state index contributed by atoms with van der Waals surface area (Å²) in [6.07, 6.45) is 2.24. The SMILES string of the molecule is C=CC(=O)OCCOC(=O)CCC(=O)OCCC(=O)Oc1ccc(-c2ccc(C=C)cc2)cc1. The van der Waals surface area contributed by atoms with Gasteiger partial charge in [0.2, 0.25) is 0 Å². The Hall–Kier alpha value is -4.20. The maximum atomic E-state index is 12.0. The molecule has 0 atom stereocenters. The van der Waals surface area contributed by atoms with Crippen molar-refractivity contribution in [1.29, 1.82) is 0 Å². The van der Waals surface area contributed by atoms with Crippen LogP contribution in [0.3, 0.4) is 0 Å². The van der Waals surface area contributed by atoms with Crippen LogP contribution in [0.25, 0.3) is 17.2 Å². The van der Waals surface area contributed by atoms with Crippen LogP contribution in [-0.2, 0) is 33.4 Å². The summed E-state index contributed by atoms with van der Waals surface area (Å²) in [5.74, 6) is -2.07. The van der Waals surface area contributed by atoms with E-state index in [0.29, 0.717) is 5.75 Å². The smallest absolute Gasteiger partial charge is 0.330 e. The van der Waals surface area contributed by atoms with E-state index in [1.165, 1.54) is 0 Å². The van der Waals surface area contributed by atoms with Crippen molar-refractivity contribution in [3.05, 3.63) is 73.3 Å². The number of carbonyl (C=O) groups is 4. The van der Waals surface area contributed by atoms with E-state index in [1.54, 1.807) is 18.2 Å². The Balaban J connectivity index is 1.62. The van der Waals surface area contributed by atoms with Gasteiger partial charge < -0.3 is 18.9 Å². The maximum Gasteiger partial charge on any atom is 0.330 e. The highest BCUT2D eigenvalue weighted by Gasteiger charge is 2.11. The molecule has 2 aromatic rings. The Kier molecular flexibility index (Phi) is 10.8. The Bertz CT molecular complexity index is 1010. The molecule has 0 spiro atoms. The van der Waals surface area contributed by atoms with E-state index in [-0.39, 0.29) is 39.1 Å². The predicted molar refractivity (Wildman–Crippen MR) is 125 cm³/mol. The molecule has 0 radical (unpaired) electrons. The molecule has 178 valence electrons. The molecule has 0 bridgehead atoms. The van der Waals surface area contributed by atoms with Gasteiger partial charge in [0.15, 0.2) is 0 Å². The van der Waals surface area contributed by atoms with Gasteiger partial charge >= 0.3 is 23.9 Å². The first-order valence-corrected chi connectivity index (χ1v) is 10.6. The van der Waals surface area contributed by atoms with Gasteiger partial charge in [0.1, 0.15) is 25.6 Å². The van der Waals surface area contributed by atoms with Crippen LogP contribution < -0.4 is 4.74 Å². The first kappa shape index (κ1) is 26.1. The van der Waals surface area contributed by atoms with Crippen LogP contribution in [0.5, 0.6) is 5.75 Å². The van der Waals surface area contributed by atoms with Crippen LogP contribution >= 0.6 is 0 Å². The van der Waals surface area contributed by atoms with Crippen molar-refractivity contribution < 1.29 is 38.1 Å². The summed E-state index contributed by atoms with van der Waals surface area (Å²) < 4.78 is 19.6. The van der Waals surface area contributed by atoms with E-state index in [1.807, 2.05) is 36.4 Å². The average Bonchev–Trinajstić information content (AvgIpc) is 2.85. The molecule has 0 saturated heterocycles. The molecular weight excluding hydrogens is 440 g/mol. The standard InChI is InChI=1S/C26H26O8/c1-3-19-5-7-20(8-6-19)21-9-11-22(12-10-21)34-26(30)15-16-31-24(28)13-14-25(29)33-18-17-32-23(27)4-2/h3-12H,1-2,13-18H2. The molecule has 0 N–H and O–H groups in total. The van der Waals surface area contributed by atoms with Gasteiger partial charge in [0.25, 0.3) is 0 Å². The van der Waals surface area contributed by atoms with E-state index < -0.39 is 23.9 Å². The van der Waals surface area contributed by atoms with Crippen LogP contribution in [0.1, 0.15) is 24.8 Å². The number of esters is 4. The molecule has 8 nitrogen and oxygen atoms in total. The summed E-state index contributed by atoms with van der Waals surface area (Å²) in [6, 6.07) is 14.9. The highest BCUT2D eigenvalue weighted by atomic mass is 16.6. The molecular formula is C26H26O8. The molecule has 0 aliphatic rings. The zero-order chi connectivity index (χ0) is 24.8. The summed E-state index contributed by atoms with van der Waals surface area (Å²) in [7, 11) is 0. The van der Waals surface area contributed by atoms with Crippen molar-refractivity contribution in [1.82, 2.24) is 0 Å². The van der Waals surface area contributed by atoms with Crippen LogP contribution in [0.2, 0.25) is 0 Å². The normalized spacial score (nSPS) is 10.0. The molecule has 0 aliphatic carbocycles. The number of rotatable bonds is 13. The molecule has 0 aliphatic heterocycles. The Morgan fingerprint density at radius 1 is 0.647 bits per heavy atom. The van der Waals surface area contributed by atoms with Crippen LogP contribution in [-0.4, -0.2) is 43.7 Å². The molecule has 2 aromatic carbocycles. The minimum absolute atomic E-state index is 0.102. The number of carbonyl (C=O) groups excluding carboxylic acids is 4. The lowest BCUT2D eigenvalue weighted by Crippen LogP contribution is -2.16. The fourth-order valence-corrected chi connectivity index (χ4v) is 2.66. The van der Waals surface area contributed by atoms with Crippen molar-refractivity contribution in [3.8, 4) is 16.9 Å². The third kappa shape index (κ3) is 9.52. The monoisotopic (exact) mass is 466 g/mol. The molecule has 8 heteroatoms. The van der Waals surface area contributed by atoms with Crippen molar-refractivity contribution in [3.63, 3.8) is 0 Å². The van der Waals surface area contributed by atoms with Gasteiger partial charge in [-0.3, -0.25) is 14.4 Å². The molecule has 0 aromatic heterocycles. The lowest BCUT2D eigenvalue weighted by molar-refractivity contribution is -0.153. The summed E-state index contributed by atoms with van der Waals surface area (Å²) in [6.45, 7) is 6.57. The minimum Gasteiger partial charge on any atom is -0.465 e. The number of ether oxygens (including phenoxy) is 4. The second-order valence-electron chi connectivity index (χ2n) is 6.89. The van der Waals surface area contributed by atoms with Gasteiger partial charge in [-0.1, -0.05) is 55.6 Å². The maximum absolute atomic E-state index is 12.0. The third-order valence-electron chi connectivity index (χ3n) is 4.43. The highest BCUT2D eigenvalue weighted by Crippen LogP contribution is 2.23. The first-order chi connectivity index (χ1) is 16.4. The zero-order valence-corrected chi connectivity index (χ0v) is 18.7. The van der Waals surface area contributed by atoms with Crippen molar-refractivity contribution in [2.45, 2.75) is 19.3 Å². The largest absolute Gasteiger partial charge is 0.465 e. The van der Waals surface area contributed by atoms with E-state index >= 15 is 0 Å². The quantitative estimate of drug-likeness (QED) is 0.144. The summed E-state index contributed by atoms with van der Waals surface area (Å²) in [5.41, 5.74) is 3.02. The third-order valence-corrected chi connectivity index (χ3v) is 4.43. The predicted octanol–water partition coefficient (Wildman–Crippen LogP) is 3.89. The van der Waals surface area contributed by atoms with Gasteiger partial charge in [0, 0.05) is 6.08 Å². The van der Waals surface area contributed by atoms with Crippen LogP contribution in [0, 0.1) is 0 Å². The highest BCUT2D eigenvalue weighted by molar-refractivity contribution is 5.81. The van der Waals surface area contributed by atoms with Crippen molar-refractivity contribution in [2.24, 2.45) is 0 Å². The average molecular weight is 466 g/mol.